The average molecular weight is 598 g/mol. The molecule has 6 aromatic rings. The van der Waals surface area contributed by atoms with Gasteiger partial charge in [-0.15, -0.1) is 0 Å². The zero-order chi connectivity index (χ0) is 30.6. The van der Waals surface area contributed by atoms with Crippen LogP contribution in [0.3, 0.4) is 0 Å². The van der Waals surface area contributed by atoms with Gasteiger partial charge >= 0.3 is 0 Å². The smallest absolute Gasteiger partial charge is 0.256 e. The van der Waals surface area contributed by atoms with Crippen LogP contribution >= 0.6 is 0 Å². The van der Waals surface area contributed by atoms with Crippen LogP contribution in [0.2, 0.25) is 0 Å². The molecule has 9 nitrogen and oxygen atoms in total. The molecule has 4 aromatic carbocycles. The number of nitrogens with zero attached hydrogens (tertiary/aromatic N) is 4. The highest BCUT2D eigenvalue weighted by atomic mass is 16.6. The minimum Gasteiger partial charge on any atom is -0.394 e. The molecule has 1 fully saturated rings. The summed E-state index contributed by atoms with van der Waals surface area (Å²) < 4.78 is 15.1. The third kappa shape index (κ3) is 5.27. The molecule has 2 N–H and O–H groups in total. The molecule has 0 radical (unpaired) electrons. The zero-order valence-corrected chi connectivity index (χ0v) is 24.3. The van der Waals surface area contributed by atoms with E-state index >= 15 is 0 Å². The summed E-state index contributed by atoms with van der Waals surface area (Å²) in [6, 6.07) is 39.4. The lowest BCUT2D eigenvalue weighted by molar-refractivity contribution is -0.254. The van der Waals surface area contributed by atoms with Crippen molar-refractivity contribution >= 4 is 22.9 Å². The fraction of sp³-hybridized carbons (Fsp3) is 0.167. The highest BCUT2D eigenvalue weighted by molar-refractivity contribution is 6.06. The SMILES string of the molecule is O=C(Nc1ncnc2c1ncn2C1OC(CO)C1COC(c1ccccc1)(c1ccccc1)c1ccccc1)c1ccccc1. The molecule has 1 aliphatic rings. The Kier molecular flexibility index (Phi) is 7.87. The summed E-state index contributed by atoms with van der Waals surface area (Å²) in [5.74, 6) is -0.231. The van der Waals surface area contributed by atoms with Crippen molar-refractivity contribution in [3.05, 3.63) is 156 Å². The van der Waals surface area contributed by atoms with Crippen LogP contribution in [0.1, 0.15) is 33.3 Å². The second-order valence-corrected chi connectivity index (χ2v) is 10.9. The summed E-state index contributed by atoms with van der Waals surface area (Å²) >= 11 is 0. The molecule has 3 heterocycles. The summed E-state index contributed by atoms with van der Waals surface area (Å²) in [5, 5.41) is 13.1. The fourth-order valence-electron chi connectivity index (χ4n) is 6.00. The lowest BCUT2D eigenvalue weighted by Gasteiger charge is -2.46. The number of anilines is 1. The number of fused-ring (bicyclic) bond motifs is 1. The van der Waals surface area contributed by atoms with Gasteiger partial charge in [-0.1, -0.05) is 109 Å². The maximum absolute atomic E-state index is 12.9. The molecule has 2 aromatic heterocycles. The van der Waals surface area contributed by atoms with Crippen molar-refractivity contribution in [3.63, 3.8) is 0 Å². The first kappa shape index (κ1) is 28.5. The molecule has 1 amide bonds. The van der Waals surface area contributed by atoms with Gasteiger partial charge in [-0.05, 0) is 28.8 Å². The van der Waals surface area contributed by atoms with E-state index in [0.29, 0.717) is 22.5 Å². The van der Waals surface area contributed by atoms with Gasteiger partial charge < -0.3 is 19.9 Å². The lowest BCUT2D eigenvalue weighted by atomic mass is 9.79. The van der Waals surface area contributed by atoms with Crippen LogP contribution in [-0.4, -0.2) is 49.9 Å². The Balaban J connectivity index is 1.22. The number of aliphatic hydroxyl groups excluding tert-OH is 1. The third-order valence-electron chi connectivity index (χ3n) is 8.27. The number of rotatable bonds is 10. The summed E-state index contributed by atoms with van der Waals surface area (Å²) in [6.07, 6.45) is 2.05. The number of carbonyl (C=O) groups is 1. The van der Waals surface area contributed by atoms with E-state index in [1.54, 1.807) is 30.6 Å². The molecule has 45 heavy (non-hydrogen) atoms. The molecular weight excluding hydrogens is 566 g/mol. The van der Waals surface area contributed by atoms with Crippen molar-refractivity contribution in [2.45, 2.75) is 17.9 Å². The van der Waals surface area contributed by atoms with Crippen LogP contribution in [-0.2, 0) is 15.1 Å². The quantitative estimate of drug-likeness (QED) is 0.198. The summed E-state index contributed by atoms with van der Waals surface area (Å²) in [5.41, 5.74) is 3.48. The lowest BCUT2D eigenvalue weighted by Crippen LogP contribution is -2.51. The molecule has 0 bridgehead atoms. The molecule has 1 aliphatic heterocycles. The van der Waals surface area contributed by atoms with Gasteiger partial charge in [0.2, 0.25) is 0 Å². The minimum atomic E-state index is -0.919. The molecule has 9 heteroatoms. The fourth-order valence-corrected chi connectivity index (χ4v) is 6.00. The first-order valence-corrected chi connectivity index (χ1v) is 14.8. The first-order chi connectivity index (χ1) is 22.2. The van der Waals surface area contributed by atoms with Gasteiger partial charge in [-0.25, -0.2) is 15.0 Å². The number of aliphatic hydroxyl groups is 1. The molecule has 1 saturated heterocycles. The van der Waals surface area contributed by atoms with Gasteiger partial charge in [0, 0.05) is 5.56 Å². The maximum atomic E-state index is 12.9. The molecule has 3 unspecified atom stereocenters. The normalized spacial score (nSPS) is 17.9. The predicted octanol–water partition coefficient (Wildman–Crippen LogP) is 5.59. The molecule has 224 valence electrons. The number of imidazole rings is 1. The van der Waals surface area contributed by atoms with Crippen LogP contribution in [0.25, 0.3) is 11.2 Å². The van der Waals surface area contributed by atoms with E-state index in [1.807, 2.05) is 65.2 Å². The van der Waals surface area contributed by atoms with Crippen molar-refractivity contribution in [1.82, 2.24) is 19.5 Å². The Bertz CT molecular complexity index is 1790. The Morgan fingerprint density at radius 3 is 1.91 bits per heavy atom. The molecule has 0 saturated carbocycles. The van der Waals surface area contributed by atoms with E-state index in [-0.39, 0.29) is 25.0 Å². The van der Waals surface area contributed by atoms with Crippen LogP contribution in [0.4, 0.5) is 5.82 Å². The van der Waals surface area contributed by atoms with Crippen LogP contribution in [0, 0.1) is 5.92 Å². The van der Waals surface area contributed by atoms with Crippen LogP contribution in [0.5, 0.6) is 0 Å². The molecule has 0 aliphatic carbocycles. The van der Waals surface area contributed by atoms with Crippen LogP contribution < -0.4 is 5.32 Å². The topological polar surface area (TPSA) is 111 Å². The van der Waals surface area contributed by atoms with Gasteiger partial charge in [0.15, 0.2) is 17.0 Å². The highest BCUT2D eigenvalue weighted by Crippen LogP contribution is 2.44. The Morgan fingerprint density at radius 2 is 1.36 bits per heavy atom. The van der Waals surface area contributed by atoms with E-state index in [0.717, 1.165) is 16.7 Å². The van der Waals surface area contributed by atoms with E-state index in [4.69, 9.17) is 9.47 Å². The Labute approximate surface area is 260 Å². The van der Waals surface area contributed by atoms with Gasteiger partial charge in [-0.2, -0.15) is 0 Å². The van der Waals surface area contributed by atoms with Crippen LogP contribution in [0.15, 0.2) is 134 Å². The average Bonchev–Trinajstić information content (AvgIpc) is 3.52. The molecule has 3 atom stereocenters. The van der Waals surface area contributed by atoms with Crippen molar-refractivity contribution < 1.29 is 19.4 Å². The van der Waals surface area contributed by atoms with Crippen molar-refractivity contribution in [1.29, 1.82) is 0 Å². The number of hydrogen-bond donors (Lipinski definition) is 2. The number of ether oxygens (including phenoxy) is 2. The van der Waals surface area contributed by atoms with Gasteiger partial charge in [0.1, 0.15) is 18.2 Å². The standard InChI is InChI=1S/C36H31N5O4/c42-21-30-29(22-44-36(26-15-7-2-8-16-26,27-17-9-3-10-18-27)28-19-11-4-12-20-28)35(45-30)41-24-39-31-32(37-23-38-33(31)41)40-34(43)25-13-5-1-6-14-25/h1-20,23-24,29-30,35,42H,21-22H2,(H,37,38,40,43). The number of amides is 1. The summed E-state index contributed by atoms with van der Waals surface area (Å²) in [6.45, 7) is 0.0937. The summed E-state index contributed by atoms with van der Waals surface area (Å²) in [4.78, 5) is 26.2. The molecule has 7 rings (SSSR count). The summed E-state index contributed by atoms with van der Waals surface area (Å²) in [7, 11) is 0. The van der Waals surface area contributed by atoms with Crippen molar-refractivity contribution in [2.75, 3.05) is 18.5 Å². The van der Waals surface area contributed by atoms with E-state index in [2.05, 4.69) is 56.7 Å². The zero-order valence-electron chi connectivity index (χ0n) is 24.3. The number of aromatic nitrogens is 4. The number of carbonyl (C=O) groups excluding carboxylic acids is 1. The van der Waals surface area contributed by atoms with Crippen molar-refractivity contribution in [3.8, 4) is 0 Å². The minimum absolute atomic E-state index is 0.167. The Morgan fingerprint density at radius 1 is 0.800 bits per heavy atom. The monoisotopic (exact) mass is 597 g/mol. The second kappa shape index (κ2) is 12.4. The Hall–Kier alpha value is -5.22. The first-order valence-electron chi connectivity index (χ1n) is 14.8. The largest absolute Gasteiger partial charge is 0.394 e. The molecular formula is C36H31N5O4. The van der Waals surface area contributed by atoms with Gasteiger partial charge in [-0.3, -0.25) is 9.36 Å². The molecule has 0 spiro atoms. The van der Waals surface area contributed by atoms with Gasteiger partial charge in [0.05, 0.1) is 31.6 Å². The van der Waals surface area contributed by atoms with E-state index < -0.39 is 17.9 Å². The maximum Gasteiger partial charge on any atom is 0.256 e. The third-order valence-corrected chi connectivity index (χ3v) is 8.27. The predicted molar refractivity (Wildman–Crippen MR) is 169 cm³/mol. The number of nitrogens with one attached hydrogen (secondary N) is 1. The number of benzene rings is 4. The van der Waals surface area contributed by atoms with E-state index in [1.165, 1.54) is 6.33 Å². The highest BCUT2D eigenvalue weighted by Gasteiger charge is 2.47. The van der Waals surface area contributed by atoms with Gasteiger partial charge in [0.25, 0.3) is 5.91 Å². The van der Waals surface area contributed by atoms with Crippen molar-refractivity contribution in [2.24, 2.45) is 5.92 Å². The number of hydrogen-bond acceptors (Lipinski definition) is 7. The second-order valence-electron chi connectivity index (χ2n) is 10.9. The van der Waals surface area contributed by atoms with E-state index in [9.17, 15) is 9.90 Å².